The zero-order valence-electron chi connectivity index (χ0n) is 39.8. The van der Waals surface area contributed by atoms with Crippen LogP contribution in [0, 0.1) is 0 Å². The Balaban J connectivity index is 0.927. The Morgan fingerprint density at radius 1 is 0.315 bits per heavy atom. The number of hydrogen-bond acceptors (Lipinski definition) is 3. The number of para-hydroxylation sites is 5. The van der Waals surface area contributed by atoms with Crippen molar-refractivity contribution in [3.8, 4) is 33.8 Å². The zero-order valence-corrected chi connectivity index (χ0v) is 40.6. The van der Waals surface area contributed by atoms with Crippen LogP contribution in [0.2, 0.25) is 0 Å². The van der Waals surface area contributed by atoms with Gasteiger partial charge in [-0.15, -0.1) is 11.3 Å². The Labute approximate surface area is 427 Å². The van der Waals surface area contributed by atoms with Gasteiger partial charge in [-0.3, -0.25) is 0 Å². The van der Waals surface area contributed by atoms with Crippen molar-refractivity contribution < 1.29 is 0 Å². The van der Waals surface area contributed by atoms with E-state index in [2.05, 4.69) is 298 Å². The van der Waals surface area contributed by atoms with Crippen LogP contribution in [0.25, 0.3) is 86.6 Å². The molecule has 11 aromatic carbocycles. The molecule has 344 valence electrons. The fourth-order valence-electron chi connectivity index (χ4n) is 11.1. The lowest BCUT2D eigenvalue weighted by atomic mass is 10.00. The van der Waals surface area contributed by atoms with Gasteiger partial charge in [0.1, 0.15) is 0 Å². The van der Waals surface area contributed by atoms with Gasteiger partial charge in [0.2, 0.25) is 0 Å². The second-order valence-electron chi connectivity index (χ2n) is 18.5. The molecule has 5 heteroatoms. The molecule has 0 aliphatic heterocycles. The quantitative estimate of drug-likeness (QED) is 0.136. The van der Waals surface area contributed by atoms with E-state index in [1.54, 1.807) is 0 Å². The molecule has 14 aromatic rings. The third-order valence-corrected chi connectivity index (χ3v) is 15.4. The standard InChI is InChI=1S/C68H46N4S/c1-6-21-47(22-7-1)64-45-49-44-55(37-40-61(49)71(64)52-28-12-4-13-29-52)69(50-24-8-2-9-25-50)54-32-20-23-48(43-54)57-33-16-18-35-62(57)70(51-26-10-3-11-27-51)56-38-41-63-60(46-56)58-39-42-66-67(59-34-17-19-36-65(59)73-66)68(58)72(63)53-30-14-5-15-31-53/h1-46H. The van der Waals surface area contributed by atoms with Gasteiger partial charge in [-0.05, 0) is 132 Å². The molecule has 0 spiro atoms. The summed E-state index contributed by atoms with van der Waals surface area (Å²) >= 11 is 1.87. The minimum absolute atomic E-state index is 1.07. The second-order valence-corrected chi connectivity index (χ2v) is 19.6. The van der Waals surface area contributed by atoms with Crippen molar-refractivity contribution >= 4 is 98.3 Å². The molecule has 0 fully saturated rings. The van der Waals surface area contributed by atoms with Crippen LogP contribution in [0.4, 0.5) is 34.1 Å². The van der Waals surface area contributed by atoms with E-state index in [1.165, 1.54) is 47.5 Å². The first-order chi connectivity index (χ1) is 36.2. The van der Waals surface area contributed by atoms with Gasteiger partial charge in [0.15, 0.2) is 0 Å². The molecule has 3 aromatic heterocycles. The average molecular weight is 951 g/mol. The number of anilines is 6. The molecule has 3 heterocycles. The van der Waals surface area contributed by atoms with Gasteiger partial charge in [0, 0.05) is 81.7 Å². The molecule has 0 atom stereocenters. The Morgan fingerprint density at radius 2 is 0.877 bits per heavy atom. The molecule has 73 heavy (non-hydrogen) atoms. The molecule has 0 aliphatic carbocycles. The van der Waals surface area contributed by atoms with E-state index in [0.717, 1.165) is 73.2 Å². The molecule has 0 bridgehead atoms. The number of hydrogen-bond donors (Lipinski definition) is 0. The lowest BCUT2D eigenvalue weighted by Gasteiger charge is -2.29. The summed E-state index contributed by atoms with van der Waals surface area (Å²) in [7, 11) is 0. The van der Waals surface area contributed by atoms with Crippen molar-refractivity contribution in [2.24, 2.45) is 0 Å². The van der Waals surface area contributed by atoms with E-state index in [-0.39, 0.29) is 0 Å². The molecule has 0 saturated carbocycles. The topological polar surface area (TPSA) is 16.3 Å². The maximum atomic E-state index is 2.47. The first kappa shape index (κ1) is 42.5. The highest BCUT2D eigenvalue weighted by Crippen LogP contribution is 2.47. The molecular weight excluding hydrogens is 905 g/mol. The summed E-state index contributed by atoms with van der Waals surface area (Å²) in [6.45, 7) is 0. The predicted molar refractivity (Wildman–Crippen MR) is 311 cm³/mol. The lowest BCUT2D eigenvalue weighted by molar-refractivity contribution is 1.13. The lowest BCUT2D eigenvalue weighted by Crippen LogP contribution is -2.12. The van der Waals surface area contributed by atoms with Crippen molar-refractivity contribution in [3.63, 3.8) is 0 Å². The number of thiophene rings is 1. The summed E-state index contributed by atoms with van der Waals surface area (Å²) in [6.07, 6.45) is 0. The van der Waals surface area contributed by atoms with Gasteiger partial charge < -0.3 is 18.9 Å². The van der Waals surface area contributed by atoms with Crippen LogP contribution in [0.1, 0.15) is 0 Å². The molecular formula is C68H46N4S. The van der Waals surface area contributed by atoms with E-state index >= 15 is 0 Å². The number of benzene rings is 11. The van der Waals surface area contributed by atoms with Crippen molar-refractivity contribution in [2.75, 3.05) is 9.80 Å². The highest BCUT2D eigenvalue weighted by Gasteiger charge is 2.23. The van der Waals surface area contributed by atoms with Crippen molar-refractivity contribution in [2.45, 2.75) is 0 Å². The van der Waals surface area contributed by atoms with Crippen LogP contribution in [0.3, 0.4) is 0 Å². The third kappa shape index (κ3) is 7.28. The molecule has 4 nitrogen and oxygen atoms in total. The maximum absolute atomic E-state index is 2.47. The number of aromatic nitrogens is 2. The van der Waals surface area contributed by atoms with E-state index in [9.17, 15) is 0 Å². The maximum Gasteiger partial charge on any atom is 0.0634 e. The summed E-state index contributed by atoms with van der Waals surface area (Å²) in [5.41, 5.74) is 16.9. The van der Waals surface area contributed by atoms with Gasteiger partial charge >= 0.3 is 0 Å². The third-order valence-electron chi connectivity index (χ3n) is 14.2. The minimum Gasteiger partial charge on any atom is -0.310 e. The highest BCUT2D eigenvalue weighted by atomic mass is 32.1. The smallest absolute Gasteiger partial charge is 0.0634 e. The van der Waals surface area contributed by atoms with Gasteiger partial charge in [-0.25, -0.2) is 0 Å². The van der Waals surface area contributed by atoms with Crippen LogP contribution in [-0.4, -0.2) is 9.13 Å². The Morgan fingerprint density at radius 3 is 1.62 bits per heavy atom. The first-order valence-electron chi connectivity index (χ1n) is 24.8. The van der Waals surface area contributed by atoms with E-state index < -0.39 is 0 Å². The van der Waals surface area contributed by atoms with Gasteiger partial charge in [-0.1, -0.05) is 158 Å². The largest absolute Gasteiger partial charge is 0.310 e. The minimum atomic E-state index is 1.07. The first-order valence-corrected chi connectivity index (χ1v) is 25.7. The van der Waals surface area contributed by atoms with Crippen molar-refractivity contribution in [3.05, 3.63) is 279 Å². The van der Waals surface area contributed by atoms with Crippen LogP contribution in [0.15, 0.2) is 279 Å². The summed E-state index contributed by atoms with van der Waals surface area (Å²) < 4.78 is 7.44. The SMILES string of the molecule is c1ccc(-c2cc3cc(N(c4ccccc4)c4cccc(-c5ccccc5N(c5ccccc5)c5ccc6c(c5)c5ccc7sc8ccccc8c7c5n6-c5ccccc5)c4)ccc3n2-c2ccccc2)cc1. The van der Waals surface area contributed by atoms with Gasteiger partial charge in [0.25, 0.3) is 0 Å². The molecule has 0 radical (unpaired) electrons. The molecule has 0 amide bonds. The summed E-state index contributed by atoms with van der Waals surface area (Å²) in [6, 6.07) is 101. The average Bonchev–Trinajstić information content (AvgIpc) is 4.14. The van der Waals surface area contributed by atoms with E-state index in [4.69, 9.17) is 0 Å². The number of rotatable bonds is 10. The normalized spacial score (nSPS) is 11.6. The van der Waals surface area contributed by atoms with Gasteiger partial charge in [0.05, 0.1) is 27.9 Å². The number of nitrogens with zero attached hydrogens (tertiary/aromatic N) is 4. The number of fused-ring (bicyclic) bond motifs is 8. The van der Waals surface area contributed by atoms with Crippen molar-refractivity contribution in [1.29, 1.82) is 0 Å². The molecule has 0 aliphatic rings. The van der Waals surface area contributed by atoms with Crippen LogP contribution >= 0.6 is 11.3 Å². The van der Waals surface area contributed by atoms with Crippen molar-refractivity contribution in [1.82, 2.24) is 9.13 Å². The predicted octanol–water partition coefficient (Wildman–Crippen LogP) is 19.4. The summed E-state index contributed by atoms with van der Waals surface area (Å²) in [4.78, 5) is 4.81. The van der Waals surface area contributed by atoms with Gasteiger partial charge in [-0.2, -0.15) is 0 Å². The summed E-state index contributed by atoms with van der Waals surface area (Å²) in [5.74, 6) is 0. The second kappa shape index (κ2) is 17.8. The van der Waals surface area contributed by atoms with Crippen LogP contribution in [-0.2, 0) is 0 Å². The summed E-state index contributed by atoms with van der Waals surface area (Å²) in [5, 5.41) is 6.20. The van der Waals surface area contributed by atoms with E-state index in [0.29, 0.717) is 0 Å². The van der Waals surface area contributed by atoms with E-state index in [1.807, 2.05) is 11.3 Å². The zero-order chi connectivity index (χ0) is 48.2. The monoisotopic (exact) mass is 950 g/mol. The molecule has 0 saturated heterocycles. The fourth-order valence-corrected chi connectivity index (χ4v) is 12.2. The Bertz CT molecular complexity index is 4310. The van der Waals surface area contributed by atoms with Crippen LogP contribution < -0.4 is 9.80 Å². The fraction of sp³-hybridized carbons (Fsp3) is 0. The molecule has 0 N–H and O–H groups in total. The highest BCUT2D eigenvalue weighted by molar-refractivity contribution is 7.26. The van der Waals surface area contributed by atoms with Crippen LogP contribution in [0.5, 0.6) is 0 Å². The molecule has 0 unspecified atom stereocenters. The molecule has 14 rings (SSSR count). The Kier molecular flexibility index (Phi) is 10.3. The Hall–Kier alpha value is -9.42.